The maximum Gasteiger partial charge on any atom is 0.240 e. The molecule has 3 nitrogen and oxygen atoms in total. The van der Waals surface area contributed by atoms with Crippen molar-refractivity contribution in [1.82, 2.24) is 4.90 Å². The van der Waals surface area contributed by atoms with E-state index in [1.54, 1.807) is 4.90 Å². The van der Waals surface area contributed by atoms with Gasteiger partial charge in [-0.05, 0) is 19.3 Å². The lowest BCUT2D eigenvalue weighted by atomic mass is 10.2. The number of carbonyl (C=O) groups is 1. The summed E-state index contributed by atoms with van der Waals surface area (Å²) in [5.74, 6) is -0.0271. The van der Waals surface area contributed by atoms with Gasteiger partial charge in [0.05, 0.1) is 12.6 Å². The number of aliphatic hydroxyl groups is 1. The van der Waals surface area contributed by atoms with Crippen LogP contribution in [0.3, 0.4) is 0 Å². The molecule has 0 bridgehead atoms. The normalized spacial score (nSPS) is 24.8. The third-order valence-corrected chi connectivity index (χ3v) is 2.99. The van der Waals surface area contributed by atoms with Crippen LogP contribution in [0, 0.1) is 0 Å². The van der Waals surface area contributed by atoms with E-state index in [9.17, 15) is 4.79 Å². The van der Waals surface area contributed by atoms with Crippen LogP contribution in [0.2, 0.25) is 0 Å². The average Bonchev–Trinajstić information content (AvgIpc) is 2.62. The number of carbonyl (C=O) groups excluding carboxylic acids is 1. The minimum absolute atomic E-state index is 0.000278. The number of hydrogen-bond donors (Lipinski definition) is 1. The Bertz CT molecular complexity index is 186. The van der Waals surface area contributed by atoms with Crippen molar-refractivity contribution in [2.24, 2.45) is 0 Å². The van der Waals surface area contributed by atoms with Crippen LogP contribution in [-0.4, -0.2) is 40.5 Å². The molecule has 0 spiro atoms. The first-order valence-electron chi connectivity index (χ1n) is 4.76. The first kappa shape index (κ1) is 10.8. The van der Waals surface area contributed by atoms with Crippen molar-refractivity contribution in [1.29, 1.82) is 0 Å². The van der Waals surface area contributed by atoms with Crippen LogP contribution >= 0.6 is 11.6 Å². The molecule has 0 unspecified atom stereocenters. The molecule has 1 amide bonds. The summed E-state index contributed by atoms with van der Waals surface area (Å²) >= 11 is 5.85. The Labute approximate surface area is 83.7 Å². The van der Waals surface area contributed by atoms with Gasteiger partial charge in [0.1, 0.15) is 5.38 Å². The molecule has 1 fully saturated rings. The molecule has 0 aromatic heterocycles. The van der Waals surface area contributed by atoms with Crippen molar-refractivity contribution < 1.29 is 9.90 Å². The molecule has 0 saturated carbocycles. The summed E-state index contributed by atoms with van der Waals surface area (Å²) in [5.41, 5.74) is 0. The number of alkyl halides is 1. The molecule has 1 aliphatic rings. The Balaban J connectivity index is 2.54. The minimum atomic E-state index is -0.424. The van der Waals surface area contributed by atoms with Gasteiger partial charge >= 0.3 is 0 Å². The van der Waals surface area contributed by atoms with Crippen molar-refractivity contribution in [3.63, 3.8) is 0 Å². The summed E-state index contributed by atoms with van der Waals surface area (Å²) in [7, 11) is 0. The summed E-state index contributed by atoms with van der Waals surface area (Å²) in [6.07, 6.45) is 2.52. The fraction of sp³-hybridized carbons (Fsp3) is 0.889. The number of amides is 1. The predicted molar refractivity (Wildman–Crippen MR) is 51.8 cm³/mol. The molecule has 0 aromatic rings. The molecule has 1 heterocycles. The number of nitrogens with zero attached hydrogens (tertiary/aromatic N) is 1. The van der Waals surface area contributed by atoms with E-state index < -0.39 is 5.38 Å². The zero-order valence-electron chi connectivity index (χ0n) is 7.87. The summed E-state index contributed by atoms with van der Waals surface area (Å²) in [6, 6.07) is 0.000278. The molecule has 0 aliphatic carbocycles. The van der Waals surface area contributed by atoms with Gasteiger partial charge in [0.15, 0.2) is 0 Å². The Morgan fingerprint density at radius 3 is 3.00 bits per heavy atom. The van der Waals surface area contributed by atoms with Gasteiger partial charge in [-0.25, -0.2) is 0 Å². The van der Waals surface area contributed by atoms with E-state index in [2.05, 4.69) is 0 Å². The molecule has 76 valence electrons. The standard InChI is InChI=1S/C9H16ClNO2/c1-2-8(10)9(13)11-5-3-4-7(11)6-12/h7-8,12H,2-6H2,1H3/t7-,8-/m1/s1. The molecule has 1 rings (SSSR count). The van der Waals surface area contributed by atoms with Crippen molar-refractivity contribution in [3.05, 3.63) is 0 Å². The number of halogens is 1. The summed E-state index contributed by atoms with van der Waals surface area (Å²) in [4.78, 5) is 13.3. The third-order valence-electron chi connectivity index (χ3n) is 2.50. The maximum absolute atomic E-state index is 11.6. The first-order valence-corrected chi connectivity index (χ1v) is 5.19. The van der Waals surface area contributed by atoms with E-state index in [0.29, 0.717) is 6.42 Å². The molecule has 0 radical (unpaired) electrons. The molecular weight excluding hydrogens is 190 g/mol. The lowest BCUT2D eigenvalue weighted by molar-refractivity contribution is -0.132. The summed E-state index contributed by atoms with van der Waals surface area (Å²) in [5, 5.41) is 8.58. The summed E-state index contributed by atoms with van der Waals surface area (Å²) in [6.45, 7) is 2.69. The molecule has 1 N–H and O–H groups in total. The van der Waals surface area contributed by atoms with Crippen LogP contribution in [-0.2, 0) is 4.79 Å². The Hall–Kier alpha value is -0.280. The van der Waals surface area contributed by atoms with Crippen molar-refractivity contribution in [2.45, 2.75) is 37.6 Å². The number of rotatable bonds is 3. The molecular formula is C9H16ClNO2. The molecule has 13 heavy (non-hydrogen) atoms. The second kappa shape index (κ2) is 4.82. The Kier molecular flexibility index (Phi) is 4.00. The highest BCUT2D eigenvalue weighted by atomic mass is 35.5. The maximum atomic E-state index is 11.6. The van der Waals surface area contributed by atoms with Crippen molar-refractivity contribution in [2.75, 3.05) is 13.2 Å². The first-order chi connectivity index (χ1) is 6.20. The molecule has 1 saturated heterocycles. The van der Waals surface area contributed by atoms with E-state index in [1.165, 1.54) is 0 Å². The van der Waals surface area contributed by atoms with Gasteiger partial charge in [0.25, 0.3) is 0 Å². The van der Waals surface area contributed by atoms with Crippen LogP contribution in [0.15, 0.2) is 0 Å². The molecule has 2 atom stereocenters. The highest BCUT2D eigenvalue weighted by Gasteiger charge is 2.30. The highest BCUT2D eigenvalue weighted by molar-refractivity contribution is 6.30. The van der Waals surface area contributed by atoms with Gasteiger partial charge in [0, 0.05) is 6.54 Å². The monoisotopic (exact) mass is 205 g/mol. The SMILES string of the molecule is CC[C@@H](Cl)C(=O)N1CCC[C@@H]1CO. The molecule has 1 aliphatic heterocycles. The largest absolute Gasteiger partial charge is 0.394 e. The van der Waals surface area contributed by atoms with Gasteiger partial charge < -0.3 is 10.0 Å². The van der Waals surface area contributed by atoms with Crippen molar-refractivity contribution in [3.8, 4) is 0 Å². The van der Waals surface area contributed by atoms with Gasteiger partial charge in [-0.1, -0.05) is 6.92 Å². The van der Waals surface area contributed by atoms with E-state index in [-0.39, 0.29) is 18.6 Å². The van der Waals surface area contributed by atoms with Crippen molar-refractivity contribution >= 4 is 17.5 Å². The quantitative estimate of drug-likeness (QED) is 0.699. The zero-order valence-corrected chi connectivity index (χ0v) is 8.63. The van der Waals surface area contributed by atoms with Gasteiger partial charge in [0.2, 0.25) is 5.91 Å². The Morgan fingerprint density at radius 1 is 1.77 bits per heavy atom. The number of likely N-dealkylation sites (tertiary alicyclic amines) is 1. The number of hydrogen-bond acceptors (Lipinski definition) is 2. The number of aliphatic hydroxyl groups excluding tert-OH is 1. The van der Waals surface area contributed by atoms with Crippen LogP contribution in [0.4, 0.5) is 0 Å². The van der Waals surface area contributed by atoms with Gasteiger partial charge in [-0.3, -0.25) is 4.79 Å². The second-order valence-corrected chi connectivity index (χ2v) is 3.91. The fourth-order valence-corrected chi connectivity index (χ4v) is 1.80. The van der Waals surface area contributed by atoms with E-state index in [4.69, 9.17) is 16.7 Å². The predicted octanol–water partition coefficient (Wildman–Crippen LogP) is 0.987. The average molecular weight is 206 g/mol. The highest BCUT2D eigenvalue weighted by Crippen LogP contribution is 2.19. The van der Waals surface area contributed by atoms with Crippen LogP contribution in [0.1, 0.15) is 26.2 Å². The van der Waals surface area contributed by atoms with Crippen LogP contribution < -0.4 is 0 Å². The van der Waals surface area contributed by atoms with Gasteiger partial charge in [-0.15, -0.1) is 11.6 Å². The topological polar surface area (TPSA) is 40.5 Å². The molecule has 0 aromatic carbocycles. The van der Waals surface area contributed by atoms with Gasteiger partial charge in [-0.2, -0.15) is 0 Å². The third kappa shape index (κ3) is 2.35. The van der Waals surface area contributed by atoms with Crippen LogP contribution in [0.25, 0.3) is 0 Å². The van der Waals surface area contributed by atoms with E-state index in [1.807, 2.05) is 6.92 Å². The Morgan fingerprint density at radius 2 is 2.46 bits per heavy atom. The lowest BCUT2D eigenvalue weighted by Gasteiger charge is -2.24. The van der Waals surface area contributed by atoms with E-state index >= 15 is 0 Å². The van der Waals surface area contributed by atoms with E-state index in [0.717, 1.165) is 19.4 Å². The fourth-order valence-electron chi connectivity index (χ4n) is 1.67. The molecule has 4 heteroatoms. The van der Waals surface area contributed by atoms with Crippen LogP contribution in [0.5, 0.6) is 0 Å². The lowest BCUT2D eigenvalue weighted by Crippen LogP contribution is -2.41. The smallest absolute Gasteiger partial charge is 0.240 e. The zero-order chi connectivity index (χ0) is 9.84. The minimum Gasteiger partial charge on any atom is -0.394 e. The summed E-state index contributed by atoms with van der Waals surface area (Å²) < 4.78 is 0. The second-order valence-electron chi connectivity index (χ2n) is 3.39.